The second kappa shape index (κ2) is 4.51. The molecule has 3 rings (SSSR count). The summed E-state index contributed by atoms with van der Waals surface area (Å²) >= 11 is 0. The molecule has 2 aliphatic rings. The number of rotatable bonds is 3. The van der Waals surface area contributed by atoms with Crippen molar-refractivity contribution in [3.8, 4) is 5.75 Å². The van der Waals surface area contributed by atoms with E-state index in [0.29, 0.717) is 12.8 Å². The van der Waals surface area contributed by atoms with Gasteiger partial charge in [0, 0.05) is 0 Å². The summed E-state index contributed by atoms with van der Waals surface area (Å²) in [5, 5.41) is 2.13. The van der Waals surface area contributed by atoms with Crippen molar-refractivity contribution in [1.29, 1.82) is 0 Å². The van der Waals surface area contributed by atoms with Gasteiger partial charge in [-0.25, -0.2) is 9.69 Å². The van der Waals surface area contributed by atoms with E-state index in [1.807, 2.05) is 0 Å². The number of amides is 4. The van der Waals surface area contributed by atoms with E-state index >= 15 is 0 Å². The van der Waals surface area contributed by atoms with Crippen molar-refractivity contribution in [1.82, 2.24) is 5.32 Å². The Morgan fingerprint density at radius 3 is 2.29 bits per heavy atom. The van der Waals surface area contributed by atoms with Crippen molar-refractivity contribution in [2.75, 3.05) is 4.90 Å². The van der Waals surface area contributed by atoms with E-state index in [1.54, 1.807) is 0 Å². The first kappa shape index (κ1) is 13.5. The molecule has 8 heteroatoms. The number of barbiturate groups is 1. The summed E-state index contributed by atoms with van der Waals surface area (Å²) in [7, 11) is 0. The standard InChI is InChI=1S/C13H10F2N2O4/c14-11(15)21-8-3-1-7(2-4-8)17-10(19)13(5-6-13)9(18)16-12(17)20/h1-4,11H,5-6H2,(H,16,18,20). The third-order valence-electron chi connectivity index (χ3n) is 3.54. The number of imide groups is 2. The maximum Gasteiger partial charge on any atom is 0.387 e. The molecule has 1 aromatic rings. The monoisotopic (exact) mass is 296 g/mol. The molecule has 6 nitrogen and oxygen atoms in total. The van der Waals surface area contributed by atoms with Crippen LogP contribution in [0.25, 0.3) is 0 Å². The number of carbonyl (C=O) groups is 3. The molecule has 1 spiro atoms. The van der Waals surface area contributed by atoms with E-state index in [9.17, 15) is 23.2 Å². The Kier molecular flexibility index (Phi) is 2.89. The number of ether oxygens (including phenoxy) is 1. The fourth-order valence-corrected chi connectivity index (χ4v) is 2.25. The quantitative estimate of drug-likeness (QED) is 0.861. The van der Waals surface area contributed by atoms with Crippen LogP contribution in [0.5, 0.6) is 5.75 Å². The number of nitrogens with zero attached hydrogens (tertiary/aromatic N) is 1. The lowest BCUT2D eigenvalue weighted by Gasteiger charge is -2.30. The fraction of sp³-hybridized carbons (Fsp3) is 0.308. The Balaban J connectivity index is 1.87. The molecule has 0 bridgehead atoms. The molecule has 0 radical (unpaired) electrons. The molecule has 1 saturated carbocycles. The van der Waals surface area contributed by atoms with E-state index in [0.717, 1.165) is 4.90 Å². The van der Waals surface area contributed by atoms with Gasteiger partial charge in [-0.2, -0.15) is 8.78 Å². The first-order valence-electron chi connectivity index (χ1n) is 6.19. The van der Waals surface area contributed by atoms with Gasteiger partial charge in [0.2, 0.25) is 5.91 Å². The molecule has 110 valence electrons. The van der Waals surface area contributed by atoms with Crippen LogP contribution in [0.4, 0.5) is 19.3 Å². The van der Waals surface area contributed by atoms with Gasteiger partial charge in [0.1, 0.15) is 11.2 Å². The molecule has 1 heterocycles. The van der Waals surface area contributed by atoms with Crippen molar-refractivity contribution in [2.45, 2.75) is 19.5 Å². The SMILES string of the molecule is O=C1NC(=O)C2(CC2)C(=O)N1c1ccc(OC(F)F)cc1. The maximum absolute atomic E-state index is 12.3. The van der Waals surface area contributed by atoms with Crippen LogP contribution >= 0.6 is 0 Å². The normalized spacial score (nSPS) is 20.0. The van der Waals surface area contributed by atoms with Gasteiger partial charge < -0.3 is 4.74 Å². The Hall–Kier alpha value is -2.51. The molecular weight excluding hydrogens is 286 g/mol. The topological polar surface area (TPSA) is 75.7 Å². The third-order valence-corrected chi connectivity index (χ3v) is 3.54. The lowest BCUT2D eigenvalue weighted by atomic mass is 10.0. The van der Waals surface area contributed by atoms with E-state index < -0.39 is 29.9 Å². The first-order chi connectivity index (χ1) is 9.94. The Morgan fingerprint density at radius 2 is 1.76 bits per heavy atom. The highest BCUT2D eigenvalue weighted by Crippen LogP contribution is 2.49. The average Bonchev–Trinajstić information content (AvgIpc) is 3.20. The van der Waals surface area contributed by atoms with Gasteiger partial charge in [0.15, 0.2) is 0 Å². The minimum Gasteiger partial charge on any atom is -0.435 e. The van der Waals surface area contributed by atoms with Crippen molar-refractivity contribution in [3.63, 3.8) is 0 Å². The highest BCUT2D eigenvalue weighted by atomic mass is 19.3. The van der Waals surface area contributed by atoms with Crippen LogP contribution < -0.4 is 15.0 Å². The summed E-state index contributed by atoms with van der Waals surface area (Å²) < 4.78 is 28.3. The number of halogens is 2. The van der Waals surface area contributed by atoms with Crippen molar-refractivity contribution in [3.05, 3.63) is 24.3 Å². The molecular formula is C13H10F2N2O4. The van der Waals surface area contributed by atoms with Crippen molar-refractivity contribution < 1.29 is 27.9 Å². The average molecular weight is 296 g/mol. The minimum absolute atomic E-state index is 0.0872. The summed E-state index contributed by atoms with van der Waals surface area (Å²) in [6, 6.07) is 4.21. The molecule has 2 fully saturated rings. The van der Waals surface area contributed by atoms with Crippen LogP contribution in [0.2, 0.25) is 0 Å². The summed E-state index contributed by atoms with van der Waals surface area (Å²) in [6.45, 7) is -2.96. The van der Waals surface area contributed by atoms with Crippen LogP contribution in [0, 0.1) is 5.41 Å². The van der Waals surface area contributed by atoms with E-state index in [2.05, 4.69) is 10.1 Å². The molecule has 0 aromatic heterocycles. The molecule has 1 aliphatic heterocycles. The van der Waals surface area contributed by atoms with Gasteiger partial charge in [-0.1, -0.05) is 0 Å². The predicted octanol–water partition coefficient (Wildman–Crippen LogP) is 1.65. The van der Waals surface area contributed by atoms with Crippen LogP contribution in [0.1, 0.15) is 12.8 Å². The van der Waals surface area contributed by atoms with E-state index in [4.69, 9.17) is 0 Å². The van der Waals surface area contributed by atoms with Gasteiger partial charge in [0.25, 0.3) is 5.91 Å². The van der Waals surface area contributed by atoms with Crippen molar-refractivity contribution in [2.24, 2.45) is 5.41 Å². The van der Waals surface area contributed by atoms with Crippen LogP contribution in [0.3, 0.4) is 0 Å². The number of nitrogens with one attached hydrogen (secondary N) is 1. The molecule has 0 unspecified atom stereocenters. The number of benzene rings is 1. The fourth-order valence-electron chi connectivity index (χ4n) is 2.25. The number of anilines is 1. The smallest absolute Gasteiger partial charge is 0.387 e. The van der Waals surface area contributed by atoms with Crippen molar-refractivity contribution >= 4 is 23.5 Å². The summed E-state index contributed by atoms with van der Waals surface area (Å²) in [4.78, 5) is 36.6. The lowest BCUT2D eigenvalue weighted by Crippen LogP contribution is -2.59. The number of urea groups is 1. The number of hydrogen-bond donors (Lipinski definition) is 1. The molecule has 1 N–H and O–H groups in total. The minimum atomic E-state index is -2.96. The van der Waals surface area contributed by atoms with Gasteiger partial charge in [0.05, 0.1) is 5.69 Å². The summed E-state index contributed by atoms with van der Waals surface area (Å²) in [5.41, 5.74) is -0.954. The number of hydrogen-bond acceptors (Lipinski definition) is 4. The molecule has 1 saturated heterocycles. The third kappa shape index (κ3) is 2.12. The largest absolute Gasteiger partial charge is 0.435 e. The molecule has 1 aromatic carbocycles. The Labute approximate surface area is 117 Å². The zero-order chi connectivity index (χ0) is 15.2. The Bertz CT molecular complexity index is 626. The van der Waals surface area contributed by atoms with Crippen LogP contribution in [0.15, 0.2) is 24.3 Å². The van der Waals surface area contributed by atoms with E-state index in [-0.39, 0.29) is 11.4 Å². The van der Waals surface area contributed by atoms with Gasteiger partial charge in [-0.15, -0.1) is 0 Å². The number of alkyl halides is 2. The van der Waals surface area contributed by atoms with Crippen LogP contribution in [-0.2, 0) is 9.59 Å². The molecule has 1 aliphatic carbocycles. The highest BCUT2D eigenvalue weighted by molar-refractivity contribution is 6.31. The molecule has 21 heavy (non-hydrogen) atoms. The zero-order valence-corrected chi connectivity index (χ0v) is 10.6. The summed E-state index contributed by atoms with van der Waals surface area (Å²) in [6.07, 6.45) is 0.794. The highest BCUT2D eigenvalue weighted by Gasteiger charge is 2.62. The van der Waals surface area contributed by atoms with E-state index in [1.165, 1.54) is 24.3 Å². The molecule has 4 amide bonds. The number of carbonyl (C=O) groups excluding carboxylic acids is 3. The van der Waals surface area contributed by atoms with Crippen LogP contribution in [-0.4, -0.2) is 24.5 Å². The predicted molar refractivity (Wildman–Crippen MR) is 65.8 cm³/mol. The second-order valence-electron chi connectivity index (χ2n) is 4.85. The second-order valence-corrected chi connectivity index (χ2v) is 4.85. The Morgan fingerprint density at radius 1 is 1.14 bits per heavy atom. The van der Waals surface area contributed by atoms with Gasteiger partial charge in [-0.05, 0) is 37.1 Å². The van der Waals surface area contributed by atoms with Gasteiger partial charge >= 0.3 is 12.6 Å². The van der Waals surface area contributed by atoms with Gasteiger partial charge in [-0.3, -0.25) is 14.9 Å². The first-order valence-corrected chi connectivity index (χ1v) is 6.19. The molecule has 0 atom stereocenters. The zero-order valence-electron chi connectivity index (χ0n) is 10.6. The lowest BCUT2D eigenvalue weighted by molar-refractivity contribution is -0.136. The summed E-state index contributed by atoms with van der Waals surface area (Å²) in [5.74, 6) is -1.25. The maximum atomic E-state index is 12.3.